The van der Waals surface area contributed by atoms with Crippen LogP contribution in [0.15, 0.2) is 32.5 Å². The number of halogens is 4. The summed E-state index contributed by atoms with van der Waals surface area (Å²) in [5.74, 6) is -1.62. The second kappa shape index (κ2) is 6.43. The molecule has 0 amide bonds. The fourth-order valence-electron chi connectivity index (χ4n) is 1.78. The Morgan fingerprint density at radius 3 is 2.47 bits per heavy atom. The van der Waals surface area contributed by atoms with E-state index in [1.165, 1.54) is 6.07 Å². The largest absolute Gasteiger partial charge is 0.312 e. The van der Waals surface area contributed by atoms with Crippen LogP contribution in [-0.2, 0) is 6.42 Å². The summed E-state index contributed by atoms with van der Waals surface area (Å²) < 4.78 is 28.1. The van der Waals surface area contributed by atoms with Gasteiger partial charge in [0.15, 0.2) is 11.6 Å². The summed E-state index contributed by atoms with van der Waals surface area (Å²) in [5.41, 5.74) is 0.763. The van der Waals surface area contributed by atoms with Crippen LogP contribution in [0.25, 0.3) is 0 Å². The second-order valence-electron chi connectivity index (χ2n) is 4.06. The van der Waals surface area contributed by atoms with Crippen molar-refractivity contribution >= 4 is 43.2 Å². The van der Waals surface area contributed by atoms with E-state index in [9.17, 15) is 8.78 Å². The standard InChI is InChI=1S/C13H11Br2F2NS/c1-18-11(12-6-8(14)13(15)19-12)5-7-2-3-9(16)10(17)4-7/h2-4,6,11,18H,5H2,1H3. The summed E-state index contributed by atoms with van der Waals surface area (Å²) in [4.78, 5) is 1.13. The third kappa shape index (κ3) is 3.62. The summed E-state index contributed by atoms with van der Waals surface area (Å²) in [6.45, 7) is 0. The van der Waals surface area contributed by atoms with Crippen molar-refractivity contribution in [2.75, 3.05) is 7.05 Å². The van der Waals surface area contributed by atoms with Crippen molar-refractivity contribution in [3.8, 4) is 0 Å². The van der Waals surface area contributed by atoms with E-state index in [-0.39, 0.29) is 6.04 Å². The maximum atomic E-state index is 13.2. The Bertz CT molecular complexity index is 567. The molecule has 0 aliphatic carbocycles. The molecule has 1 nitrogen and oxygen atoms in total. The predicted octanol–water partition coefficient (Wildman–Crippen LogP) is 5.05. The summed E-state index contributed by atoms with van der Waals surface area (Å²) in [7, 11) is 1.85. The van der Waals surface area contributed by atoms with Crippen molar-refractivity contribution < 1.29 is 8.78 Å². The first-order valence-electron chi connectivity index (χ1n) is 5.57. The molecule has 1 aromatic heterocycles. The van der Waals surface area contributed by atoms with Crippen LogP contribution in [0.1, 0.15) is 16.5 Å². The third-order valence-electron chi connectivity index (χ3n) is 2.78. The van der Waals surface area contributed by atoms with E-state index in [4.69, 9.17) is 0 Å². The summed E-state index contributed by atoms with van der Waals surface area (Å²) in [5, 5.41) is 3.19. The maximum absolute atomic E-state index is 13.2. The smallest absolute Gasteiger partial charge is 0.159 e. The van der Waals surface area contributed by atoms with Crippen LogP contribution in [0.3, 0.4) is 0 Å². The van der Waals surface area contributed by atoms with Crippen LogP contribution >= 0.6 is 43.2 Å². The Hall–Kier alpha value is -0.300. The molecule has 1 heterocycles. The normalized spacial score (nSPS) is 12.7. The molecule has 0 aliphatic rings. The van der Waals surface area contributed by atoms with Gasteiger partial charge in [-0.05, 0) is 69.1 Å². The Labute approximate surface area is 131 Å². The molecule has 2 aromatic rings. The monoisotopic (exact) mass is 409 g/mol. The molecule has 0 saturated carbocycles. The average Bonchev–Trinajstić information content (AvgIpc) is 2.71. The molecule has 2 rings (SSSR count). The lowest BCUT2D eigenvalue weighted by Gasteiger charge is -2.14. The van der Waals surface area contributed by atoms with Gasteiger partial charge >= 0.3 is 0 Å². The molecule has 0 saturated heterocycles. The lowest BCUT2D eigenvalue weighted by atomic mass is 10.0. The number of likely N-dealkylation sites (N-methyl/N-ethyl adjacent to an activating group) is 1. The molecule has 1 aromatic carbocycles. The highest BCUT2D eigenvalue weighted by molar-refractivity contribution is 9.13. The van der Waals surface area contributed by atoms with Gasteiger partial charge < -0.3 is 5.32 Å². The predicted molar refractivity (Wildman–Crippen MR) is 81.6 cm³/mol. The van der Waals surface area contributed by atoms with Crippen molar-refractivity contribution in [3.63, 3.8) is 0 Å². The highest BCUT2D eigenvalue weighted by atomic mass is 79.9. The summed E-state index contributed by atoms with van der Waals surface area (Å²) >= 11 is 8.51. The molecule has 102 valence electrons. The van der Waals surface area contributed by atoms with E-state index >= 15 is 0 Å². The Kier molecular flexibility index (Phi) is 5.11. The van der Waals surface area contributed by atoms with Crippen molar-refractivity contribution in [1.29, 1.82) is 0 Å². The highest BCUT2D eigenvalue weighted by Crippen LogP contribution is 2.36. The van der Waals surface area contributed by atoms with Gasteiger partial charge in [0, 0.05) is 15.4 Å². The third-order valence-corrected chi connectivity index (χ3v) is 6.15. The number of rotatable bonds is 4. The van der Waals surface area contributed by atoms with E-state index < -0.39 is 11.6 Å². The lowest BCUT2D eigenvalue weighted by Crippen LogP contribution is -2.17. The average molecular weight is 411 g/mol. The molecule has 0 fully saturated rings. The maximum Gasteiger partial charge on any atom is 0.159 e. The van der Waals surface area contributed by atoms with Crippen LogP contribution in [0, 0.1) is 11.6 Å². The van der Waals surface area contributed by atoms with Crippen molar-refractivity contribution in [2.24, 2.45) is 0 Å². The van der Waals surface area contributed by atoms with Gasteiger partial charge in [0.05, 0.1) is 3.79 Å². The van der Waals surface area contributed by atoms with E-state index in [1.54, 1.807) is 17.4 Å². The molecule has 1 unspecified atom stereocenters. The first-order valence-corrected chi connectivity index (χ1v) is 7.97. The lowest BCUT2D eigenvalue weighted by molar-refractivity contribution is 0.505. The molecule has 1 atom stereocenters. The Balaban J connectivity index is 2.21. The van der Waals surface area contributed by atoms with Gasteiger partial charge in [0.2, 0.25) is 0 Å². The molecular weight excluding hydrogens is 400 g/mol. The molecule has 6 heteroatoms. The molecule has 0 radical (unpaired) electrons. The molecule has 19 heavy (non-hydrogen) atoms. The highest BCUT2D eigenvalue weighted by Gasteiger charge is 2.15. The van der Waals surface area contributed by atoms with E-state index in [0.717, 1.165) is 24.8 Å². The minimum atomic E-state index is -0.814. The van der Waals surface area contributed by atoms with Gasteiger partial charge in [0.25, 0.3) is 0 Å². The van der Waals surface area contributed by atoms with Gasteiger partial charge in [-0.25, -0.2) is 8.78 Å². The van der Waals surface area contributed by atoms with Crippen LogP contribution in [0.5, 0.6) is 0 Å². The van der Waals surface area contributed by atoms with Crippen molar-refractivity contribution in [2.45, 2.75) is 12.5 Å². The van der Waals surface area contributed by atoms with Crippen LogP contribution < -0.4 is 5.32 Å². The molecule has 0 bridgehead atoms. The quantitative estimate of drug-likeness (QED) is 0.743. The first kappa shape index (κ1) is 15.1. The molecule has 0 spiro atoms. The van der Waals surface area contributed by atoms with Crippen LogP contribution in [-0.4, -0.2) is 7.05 Å². The summed E-state index contributed by atoms with van der Waals surface area (Å²) in [6, 6.07) is 6.11. The molecule has 0 aliphatic heterocycles. The first-order chi connectivity index (χ1) is 9.01. The van der Waals surface area contributed by atoms with Gasteiger partial charge in [-0.15, -0.1) is 11.3 Å². The van der Waals surface area contributed by atoms with E-state index in [2.05, 4.69) is 37.2 Å². The van der Waals surface area contributed by atoms with Gasteiger partial charge in [-0.2, -0.15) is 0 Å². The number of hydrogen-bond acceptors (Lipinski definition) is 2. The summed E-state index contributed by atoms with van der Waals surface area (Å²) in [6.07, 6.45) is 0.604. The van der Waals surface area contributed by atoms with Gasteiger partial charge in [-0.1, -0.05) is 6.07 Å². The zero-order valence-electron chi connectivity index (χ0n) is 10.0. The van der Waals surface area contributed by atoms with Crippen molar-refractivity contribution in [3.05, 3.63) is 54.6 Å². The Morgan fingerprint density at radius 2 is 1.95 bits per heavy atom. The van der Waals surface area contributed by atoms with Gasteiger partial charge in [-0.3, -0.25) is 0 Å². The number of benzene rings is 1. The van der Waals surface area contributed by atoms with Crippen LogP contribution in [0.2, 0.25) is 0 Å². The fraction of sp³-hybridized carbons (Fsp3) is 0.231. The van der Waals surface area contributed by atoms with E-state index in [0.29, 0.717) is 6.42 Å². The zero-order chi connectivity index (χ0) is 14.0. The Morgan fingerprint density at radius 1 is 1.21 bits per heavy atom. The zero-order valence-corrected chi connectivity index (χ0v) is 14.0. The van der Waals surface area contributed by atoms with Gasteiger partial charge in [0.1, 0.15) is 0 Å². The minimum Gasteiger partial charge on any atom is -0.312 e. The topological polar surface area (TPSA) is 12.0 Å². The number of thiophene rings is 1. The second-order valence-corrected chi connectivity index (χ2v) is 7.32. The molecular formula is C13H11Br2F2NS. The number of hydrogen-bond donors (Lipinski definition) is 1. The molecule has 1 N–H and O–H groups in total. The minimum absolute atomic E-state index is 0.0671. The SMILES string of the molecule is CNC(Cc1ccc(F)c(F)c1)c1cc(Br)c(Br)s1. The van der Waals surface area contributed by atoms with Crippen molar-refractivity contribution in [1.82, 2.24) is 5.32 Å². The van der Waals surface area contributed by atoms with Crippen LogP contribution in [0.4, 0.5) is 8.78 Å². The fourth-order valence-corrected chi connectivity index (χ4v) is 3.98. The number of nitrogens with one attached hydrogen (secondary N) is 1. The van der Waals surface area contributed by atoms with E-state index in [1.807, 2.05) is 13.1 Å².